The fourth-order valence-corrected chi connectivity index (χ4v) is 3.28. The number of nitrogens with one attached hydrogen (secondary N) is 1. The van der Waals surface area contributed by atoms with Gasteiger partial charge in [0.2, 0.25) is 0 Å². The minimum atomic E-state index is 0.235. The highest BCUT2D eigenvalue weighted by atomic mass is 35.5. The van der Waals surface area contributed by atoms with E-state index in [0.717, 1.165) is 11.6 Å². The van der Waals surface area contributed by atoms with Crippen molar-refractivity contribution in [3.63, 3.8) is 0 Å². The fraction of sp³-hybridized carbons (Fsp3) is 0.333. The molecule has 1 N–H and O–H groups in total. The molecular formula is C15H18ClNS. The van der Waals surface area contributed by atoms with Crippen LogP contribution < -0.4 is 5.32 Å². The zero-order valence-corrected chi connectivity index (χ0v) is 12.5. The van der Waals surface area contributed by atoms with Crippen molar-refractivity contribution in [2.24, 2.45) is 0 Å². The summed E-state index contributed by atoms with van der Waals surface area (Å²) in [4.78, 5) is 1.36. The van der Waals surface area contributed by atoms with Gasteiger partial charge in [-0.1, -0.05) is 24.6 Å². The summed E-state index contributed by atoms with van der Waals surface area (Å²) in [5.74, 6) is 0. The van der Waals surface area contributed by atoms with E-state index in [4.69, 9.17) is 11.6 Å². The van der Waals surface area contributed by atoms with Gasteiger partial charge < -0.3 is 5.32 Å². The summed E-state index contributed by atoms with van der Waals surface area (Å²) in [6.45, 7) is 7.32. The molecule has 3 heteroatoms. The maximum Gasteiger partial charge on any atom is 0.0588 e. The van der Waals surface area contributed by atoms with Crippen molar-refractivity contribution >= 4 is 22.9 Å². The van der Waals surface area contributed by atoms with Crippen LogP contribution in [0.2, 0.25) is 5.02 Å². The monoisotopic (exact) mass is 279 g/mol. The van der Waals surface area contributed by atoms with Crippen molar-refractivity contribution < 1.29 is 0 Å². The molecule has 0 aliphatic heterocycles. The van der Waals surface area contributed by atoms with Crippen LogP contribution in [-0.2, 0) is 0 Å². The molecule has 0 saturated carbocycles. The Morgan fingerprint density at radius 1 is 1.28 bits per heavy atom. The molecule has 0 fully saturated rings. The number of benzene rings is 1. The topological polar surface area (TPSA) is 12.0 Å². The number of aryl methyl sites for hydroxylation is 2. The lowest BCUT2D eigenvalue weighted by Crippen LogP contribution is -2.22. The van der Waals surface area contributed by atoms with E-state index in [2.05, 4.69) is 49.7 Å². The molecule has 18 heavy (non-hydrogen) atoms. The maximum atomic E-state index is 6.17. The number of hydrogen-bond acceptors (Lipinski definition) is 2. The molecule has 1 aromatic heterocycles. The van der Waals surface area contributed by atoms with E-state index in [0.29, 0.717) is 0 Å². The Labute approximate surface area is 118 Å². The van der Waals surface area contributed by atoms with Gasteiger partial charge in [0.15, 0.2) is 0 Å². The molecule has 1 nitrogen and oxygen atoms in total. The fourth-order valence-electron chi connectivity index (χ4n) is 2.24. The highest BCUT2D eigenvalue weighted by molar-refractivity contribution is 7.10. The van der Waals surface area contributed by atoms with E-state index in [-0.39, 0.29) is 6.04 Å². The number of halogens is 1. The van der Waals surface area contributed by atoms with Crippen molar-refractivity contribution in [1.29, 1.82) is 0 Å². The molecule has 1 aromatic carbocycles. The first kappa shape index (κ1) is 13.6. The normalized spacial score (nSPS) is 12.7. The Kier molecular flexibility index (Phi) is 4.44. The summed E-state index contributed by atoms with van der Waals surface area (Å²) in [7, 11) is 0. The van der Waals surface area contributed by atoms with Crippen molar-refractivity contribution in [3.8, 4) is 0 Å². The van der Waals surface area contributed by atoms with Crippen LogP contribution in [0.4, 0.5) is 0 Å². The molecule has 0 spiro atoms. The summed E-state index contributed by atoms with van der Waals surface area (Å²) in [6.07, 6.45) is 0. The first-order valence-corrected chi connectivity index (χ1v) is 7.42. The average molecular weight is 280 g/mol. The van der Waals surface area contributed by atoms with Crippen LogP contribution in [0.15, 0.2) is 29.6 Å². The van der Waals surface area contributed by atoms with E-state index >= 15 is 0 Å². The van der Waals surface area contributed by atoms with Crippen LogP contribution in [0.3, 0.4) is 0 Å². The van der Waals surface area contributed by atoms with E-state index in [1.807, 2.05) is 6.07 Å². The summed E-state index contributed by atoms with van der Waals surface area (Å²) < 4.78 is 0. The summed E-state index contributed by atoms with van der Waals surface area (Å²) >= 11 is 7.96. The molecule has 1 unspecified atom stereocenters. The van der Waals surface area contributed by atoms with Gasteiger partial charge in [0, 0.05) is 9.90 Å². The zero-order valence-electron chi connectivity index (χ0n) is 11.0. The van der Waals surface area contributed by atoms with Gasteiger partial charge in [0.25, 0.3) is 0 Å². The van der Waals surface area contributed by atoms with Crippen LogP contribution in [0.25, 0.3) is 0 Å². The van der Waals surface area contributed by atoms with Crippen LogP contribution >= 0.6 is 22.9 Å². The summed E-state index contributed by atoms with van der Waals surface area (Å²) in [5, 5.41) is 6.50. The Balaban J connectivity index is 2.44. The van der Waals surface area contributed by atoms with Crippen LogP contribution in [0.1, 0.15) is 34.5 Å². The Hall–Kier alpha value is -0.830. The van der Waals surface area contributed by atoms with Crippen molar-refractivity contribution in [3.05, 3.63) is 56.2 Å². The molecule has 0 radical (unpaired) electrons. The minimum Gasteiger partial charge on any atom is -0.306 e. The lowest BCUT2D eigenvalue weighted by Gasteiger charge is -2.19. The third kappa shape index (κ3) is 2.94. The molecular weight excluding hydrogens is 262 g/mol. The van der Waals surface area contributed by atoms with Crippen molar-refractivity contribution in [1.82, 2.24) is 5.32 Å². The largest absolute Gasteiger partial charge is 0.306 e. The lowest BCUT2D eigenvalue weighted by molar-refractivity contribution is 0.630. The summed E-state index contributed by atoms with van der Waals surface area (Å²) in [5.41, 5.74) is 3.79. The molecule has 1 heterocycles. The second kappa shape index (κ2) is 5.87. The van der Waals surface area contributed by atoms with E-state index in [1.165, 1.54) is 21.6 Å². The first-order valence-electron chi connectivity index (χ1n) is 6.16. The molecule has 0 amide bonds. The summed E-state index contributed by atoms with van der Waals surface area (Å²) in [6, 6.07) is 8.69. The predicted octanol–water partition coefficient (Wildman–Crippen LogP) is 4.72. The Bertz CT molecular complexity index is 513. The van der Waals surface area contributed by atoms with E-state index < -0.39 is 0 Å². The third-order valence-corrected chi connectivity index (χ3v) is 4.10. The molecule has 0 aliphatic carbocycles. The van der Waals surface area contributed by atoms with Crippen LogP contribution in [0.5, 0.6) is 0 Å². The van der Waals surface area contributed by atoms with Crippen LogP contribution in [0, 0.1) is 13.8 Å². The van der Waals surface area contributed by atoms with Gasteiger partial charge in [-0.05, 0) is 60.7 Å². The smallest absolute Gasteiger partial charge is 0.0588 e. The van der Waals surface area contributed by atoms with Gasteiger partial charge in [-0.3, -0.25) is 0 Å². The minimum absolute atomic E-state index is 0.235. The second-order valence-electron chi connectivity index (χ2n) is 4.48. The molecule has 96 valence electrons. The van der Waals surface area contributed by atoms with Gasteiger partial charge in [0.1, 0.15) is 0 Å². The molecule has 0 bridgehead atoms. The number of thiophene rings is 1. The lowest BCUT2D eigenvalue weighted by atomic mass is 9.98. The van der Waals surface area contributed by atoms with Gasteiger partial charge in [0.05, 0.1) is 6.04 Å². The molecule has 2 rings (SSSR count). The SMILES string of the molecule is CCNC(c1cc(C)cc(Cl)c1)c1ccsc1C. The van der Waals surface area contributed by atoms with Gasteiger partial charge in [-0.25, -0.2) is 0 Å². The molecule has 1 atom stereocenters. The number of rotatable bonds is 4. The van der Waals surface area contributed by atoms with Crippen LogP contribution in [-0.4, -0.2) is 6.54 Å². The third-order valence-electron chi connectivity index (χ3n) is 3.02. The highest BCUT2D eigenvalue weighted by Gasteiger charge is 2.16. The standard InChI is InChI=1S/C15H18ClNS/c1-4-17-15(14-5-6-18-11(14)3)12-7-10(2)8-13(16)9-12/h5-9,15,17H,4H2,1-3H3. The van der Waals surface area contributed by atoms with E-state index in [9.17, 15) is 0 Å². The second-order valence-corrected chi connectivity index (χ2v) is 6.04. The predicted molar refractivity (Wildman–Crippen MR) is 80.8 cm³/mol. The quantitative estimate of drug-likeness (QED) is 0.854. The van der Waals surface area contributed by atoms with E-state index in [1.54, 1.807) is 11.3 Å². The number of hydrogen-bond donors (Lipinski definition) is 1. The Morgan fingerprint density at radius 3 is 2.61 bits per heavy atom. The molecule has 0 aliphatic rings. The highest BCUT2D eigenvalue weighted by Crippen LogP contribution is 2.30. The van der Waals surface area contributed by atoms with Gasteiger partial charge >= 0.3 is 0 Å². The van der Waals surface area contributed by atoms with Gasteiger partial charge in [-0.2, -0.15) is 0 Å². The van der Waals surface area contributed by atoms with Crippen molar-refractivity contribution in [2.45, 2.75) is 26.8 Å². The van der Waals surface area contributed by atoms with Crippen molar-refractivity contribution in [2.75, 3.05) is 6.54 Å². The maximum absolute atomic E-state index is 6.17. The average Bonchev–Trinajstić information content (AvgIpc) is 2.71. The van der Waals surface area contributed by atoms with Gasteiger partial charge in [-0.15, -0.1) is 11.3 Å². The zero-order chi connectivity index (χ0) is 13.1. The molecule has 0 saturated heterocycles. The Morgan fingerprint density at radius 2 is 2.06 bits per heavy atom. The molecule has 2 aromatic rings. The first-order chi connectivity index (χ1) is 8.61.